The first-order valence-corrected chi connectivity index (χ1v) is 6.29. The molecule has 0 amide bonds. The van der Waals surface area contributed by atoms with Crippen LogP contribution in [0.25, 0.3) is 0 Å². The van der Waals surface area contributed by atoms with Crippen molar-refractivity contribution in [3.8, 4) is 0 Å². The molecule has 2 aliphatic rings. The minimum atomic E-state index is -2.33. The van der Waals surface area contributed by atoms with Gasteiger partial charge in [-0.05, 0) is 49.4 Å². The molecule has 2 fully saturated rings. The van der Waals surface area contributed by atoms with Crippen LogP contribution in [-0.4, -0.2) is 5.92 Å². The molecule has 0 N–H and O–H groups in total. The lowest BCUT2D eigenvalue weighted by atomic mass is 9.57. The van der Waals surface area contributed by atoms with Gasteiger partial charge in [-0.3, -0.25) is 0 Å². The van der Waals surface area contributed by atoms with E-state index >= 15 is 0 Å². The molecule has 2 rings (SSSR count). The van der Waals surface area contributed by atoms with Crippen LogP contribution in [0, 0.1) is 17.3 Å². The predicted molar refractivity (Wildman–Crippen MR) is 58.0 cm³/mol. The molecule has 0 nitrogen and oxygen atoms in total. The Morgan fingerprint density at radius 1 is 1.13 bits per heavy atom. The van der Waals surface area contributed by atoms with E-state index in [0.717, 1.165) is 24.7 Å². The Morgan fingerprint density at radius 3 is 2.07 bits per heavy atom. The van der Waals surface area contributed by atoms with Gasteiger partial charge in [0.25, 0.3) is 0 Å². The second-order valence-corrected chi connectivity index (χ2v) is 6.28. The highest BCUT2D eigenvalue weighted by molar-refractivity contribution is 5.00. The van der Waals surface area contributed by atoms with Gasteiger partial charge in [0, 0.05) is 12.8 Å². The molecule has 0 aliphatic heterocycles. The smallest absolute Gasteiger partial charge is 0.207 e. The van der Waals surface area contributed by atoms with E-state index < -0.39 is 5.92 Å². The lowest BCUT2D eigenvalue weighted by Gasteiger charge is -2.51. The van der Waals surface area contributed by atoms with Crippen molar-refractivity contribution in [2.24, 2.45) is 17.3 Å². The van der Waals surface area contributed by atoms with Gasteiger partial charge in [0.15, 0.2) is 0 Å². The van der Waals surface area contributed by atoms with Crippen molar-refractivity contribution >= 4 is 0 Å². The highest BCUT2D eigenvalue weighted by Crippen LogP contribution is 2.60. The molecule has 15 heavy (non-hydrogen) atoms. The molecule has 0 radical (unpaired) electrons. The largest absolute Gasteiger partial charge is 0.249 e. The van der Waals surface area contributed by atoms with E-state index in [1.807, 2.05) is 0 Å². The Bertz CT molecular complexity index is 215. The minimum Gasteiger partial charge on any atom is -0.207 e. The van der Waals surface area contributed by atoms with Gasteiger partial charge in [-0.1, -0.05) is 13.8 Å². The summed E-state index contributed by atoms with van der Waals surface area (Å²) < 4.78 is 25.7. The third-order valence-electron chi connectivity index (χ3n) is 4.24. The fraction of sp³-hybridized carbons (Fsp3) is 1.00. The highest BCUT2D eigenvalue weighted by atomic mass is 19.3. The number of rotatable bonds is 2. The van der Waals surface area contributed by atoms with Crippen molar-refractivity contribution in [2.45, 2.75) is 64.7 Å². The molecule has 2 aliphatic carbocycles. The van der Waals surface area contributed by atoms with Crippen LogP contribution in [0.1, 0.15) is 58.8 Å². The SMILES string of the molecule is CC(C)CC1CCC2(CC1)CC(F)(F)C2. The molecule has 0 heterocycles. The van der Waals surface area contributed by atoms with E-state index in [9.17, 15) is 8.78 Å². The van der Waals surface area contributed by atoms with E-state index in [-0.39, 0.29) is 18.3 Å². The van der Waals surface area contributed by atoms with Gasteiger partial charge >= 0.3 is 0 Å². The normalized spacial score (nSPS) is 29.4. The summed E-state index contributed by atoms with van der Waals surface area (Å²) in [5.74, 6) is -0.762. The third kappa shape index (κ3) is 2.51. The second kappa shape index (κ2) is 3.71. The Kier molecular flexibility index (Phi) is 2.81. The summed E-state index contributed by atoms with van der Waals surface area (Å²) in [7, 11) is 0. The van der Waals surface area contributed by atoms with Crippen molar-refractivity contribution in [3.05, 3.63) is 0 Å². The molecule has 0 aromatic rings. The summed E-state index contributed by atoms with van der Waals surface area (Å²) in [6.45, 7) is 4.50. The Balaban J connectivity index is 1.78. The van der Waals surface area contributed by atoms with E-state index in [0.29, 0.717) is 0 Å². The van der Waals surface area contributed by atoms with Crippen LogP contribution in [0.4, 0.5) is 8.78 Å². The fourth-order valence-corrected chi connectivity index (χ4v) is 3.59. The van der Waals surface area contributed by atoms with Gasteiger partial charge in [0.2, 0.25) is 5.92 Å². The van der Waals surface area contributed by atoms with Crippen molar-refractivity contribution in [1.29, 1.82) is 0 Å². The van der Waals surface area contributed by atoms with E-state index in [1.54, 1.807) is 0 Å². The molecular weight excluding hydrogens is 194 g/mol. The zero-order valence-corrected chi connectivity index (χ0v) is 9.86. The van der Waals surface area contributed by atoms with Gasteiger partial charge in [0.05, 0.1) is 0 Å². The highest BCUT2D eigenvalue weighted by Gasteiger charge is 2.56. The van der Waals surface area contributed by atoms with Crippen LogP contribution in [0.2, 0.25) is 0 Å². The zero-order valence-electron chi connectivity index (χ0n) is 9.86. The molecule has 2 heteroatoms. The van der Waals surface area contributed by atoms with Gasteiger partial charge in [-0.2, -0.15) is 0 Å². The first-order chi connectivity index (χ1) is 6.91. The summed E-state index contributed by atoms with van der Waals surface area (Å²) >= 11 is 0. The average molecular weight is 216 g/mol. The molecule has 0 bridgehead atoms. The lowest BCUT2D eigenvalue weighted by molar-refractivity contribution is -0.176. The van der Waals surface area contributed by atoms with Crippen molar-refractivity contribution in [3.63, 3.8) is 0 Å². The van der Waals surface area contributed by atoms with Gasteiger partial charge < -0.3 is 0 Å². The van der Waals surface area contributed by atoms with Crippen LogP contribution >= 0.6 is 0 Å². The van der Waals surface area contributed by atoms with Crippen LogP contribution in [0.15, 0.2) is 0 Å². The predicted octanol–water partition coefficient (Wildman–Crippen LogP) is 4.64. The van der Waals surface area contributed by atoms with E-state index in [4.69, 9.17) is 0 Å². The summed E-state index contributed by atoms with van der Waals surface area (Å²) in [6.07, 6.45) is 6.12. The van der Waals surface area contributed by atoms with Crippen molar-refractivity contribution < 1.29 is 8.78 Å². The molecule has 88 valence electrons. The van der Waals surface area contributed by atoms with Crippen molar-refractivity contribution in [2.75, 3.05) is 0 Å². The lowest BCUT2D eigenvalue weighted by Crippen LogP contribution is -2.47. The Morgan fingerprint density at radius 2 is 1.67 bits per heavy atom. The topological polar surface area (TPSA) is 0 Å². The third-order valence-corrected chi connectivity index (χ3v) is 4.24. The van der Waals surface area contributed by atoms with Crippen LogP contribution < -0.4 is 0 Å². The molecule has 0 saturated heterocycles. The number of hydrogen-bond acceptors (Lipinski definition) is 0. The monoisotopic (exact) mass is 216 g/mol. The molecule has 0 aromatic heterocycles. The summed E-state index contributed by atoms with van der Waals surface area (Å²) in [6, 6.07) is 0. The summed E-state index contributed by atoms with van der Waals surface area (Å²) in [4.78, 5) is 0. The molecule has 2 saturated carbocycles. The van der Waals surface area contributed by atoms with Crippen molar-refractivity contribution in [1.82, 2.24) is 0 Å². The van der Waals surface area contributed by atoms with Crippen LogP contribution in [0.5, 0.6) is 0 Å². The van der Waals surface area contributed by atoms with E-state index in [1.165, 1.54) is 19.3 Å². The zero-order chi connectivity index (χ0) is 11.1. The Hall–Kier alpha value is -0.140. The maximum Gasteiger partial charge on any atom is 0.249 e. The standard InChI is InChI=1S/C13H22F2/c1-10(2)7-11-3-5-12(6-4-11)8-13(14,15)9-12/h10-11H,3-9H2,1-2H3. The quantitative estimate of drug-likeness (QED) is 0.631. The van der Waals surface area contributed by atoms with E-state index in [2.05, 4.69) is 13.8 Å². The second-order valence-electron chi connectivity index (χ2n) is 6.28. The molecule has 0 unspecified atom stereocenters. The van der Waals surface area contributed by atoms with Crippen LogP contribution in [0.3, 0.4) is 0 Å². The van der Waals surface area contributed by atoms with Gasteiger partial charge in [0.1, 0.15) is 0 Å². The Labute approximate surface area is 91.4 Å². The molecule has 0 aromatic carbocycles. The fourth-order valence-electron chi connectivity index (χ4n) is 3.59. The van der Waals surface area contributed by atoms with Gasteiger partial charge in [-0.15, -0.1) is 0 Å². The summed E-state index contributed by atoms with van der Waals surface area (Å²) in [5.41, 5.74) is 0.0526. The number of alkyl halides is 2. The molecular formula is C13H22F2. The first-order valence-electron chi connectivity index (χ1n) is 6.29. The molecule has 1 spiro atoms. The maximum atomic E-state index is 12.9. The van der Waals surface area contributed by atoms with Gasteiger partial charge in [-0.25, -0.2) is 8.78 Å². The maximum absolute atomic E-state index is 12.9. The molecule has 0 atom stereocenters. The first kappa shape index (κ1) is 11.3. The van der Waals surface area contributed by atoms with Crippen LogP contribution in [-0.2, 0) is 0 Å². The minimum absolute atomic E-state index is 0.0526. The average Bonchev–Trinajstić information content (AvgIpc) is 2.05. The summed E-state index contributed by atoms with van der Waals surface area (Å²) in [5, 5.41) is 0. The number of halogens is 2. The number of hydrogen-bond donors (Lipinski definition) is 0.